The van der Waals surface area contributed by atoms with Crippen LogP contribution in [-0.4, -0.2) is 15.7 Å². The molecule has 154 valence electrons. The molecule has 1 N–H and O–H groups in total. The van der Waals surface area contributed by atoms with Crippen LogP contribution in [0.5, 0.6) is 0 Å². The molecule has 4 aromatic rings. The number of benzene rings is 3. The number of aryl methyl sites for hydroxylation is 1. The van der Waals surface area contributed by atoms with Crippen molar-refractivity contribution in [3.8, 4) is 11.3 Å². The molecule has 0 radical (unpaired) electrons. The van der Waals surface area contributed by atoms with E-state index in [9.17, 15) is 9.18 Å². The fourth-order valence-electron chi connectivity index (χ4n) is 3.31. The Labute approximate surface area is 180 Å². The van der Waals surface area contributed by atoms with Gasteiger partial charge in [0.05, 0.1) is 18.4 Å². The Kier molecular flexibility index (Phi) is 6.03. The first-order valence-corrected chi connectivity index (χ1v) is 10.00. The van der Waals surface area contributed by atoms with Gasteiger partial charge in [0.25, 0.3) is 0 Å². The van der Waals surface area contributed by atoms with Crippen LogP contribution in [0, 0.1) is 12.7 Å². The number of aromatic nitrogens is 2. The zero-order valence-electron chi connectivity index (χ0n) is 17.1. The molecule has 0 fully saturated rings. The highest BCUT2D eigenvalue weighted by Gasteiger charge is 2.12. The Balaban J connectivity index is 1.61. The summed E-state index contributed by atoms with van der Waals surface area (Å²) >= 11 is 0. The summed E-state index contributed by atoms with van der Waals surface area (Å²) < 4.78 is 15.3. The van der Waals surface area contributed by atoms with Crippen LogP contribution in [0.3, 0.4) is 0 Å². The van der Waals surface area contributed by atoms with Gasteiger partial charge in [-0.1, -0.05) is 48.0 Å². The van der Waals surface area contributed by atoms with Gasteiger partial charge in [0.2, 0.25) is 5.91 Å². The van der Waals surface area contributed by atoms with Gasteiger partial charge in [-0.2, -0.15) is 5.10 Å². The number of nitrogens with zero attached hydrogens (tertiary/aromatic N) is 2. The number of carbonyl (C=O) groups excluding carboxylic acids is 1. The third-order valence-corrected chi connectivity index (χ3v) is 4.89. The van der Waals surface area contributed by atoms with E-state index >= 15 is 0 Å². The Morgan fingerprint density at radius 1 is 1.00 bits per heavy atom. The first kappa shape index (κ1) is 20.3. The number of amides is 1. The molecule has 31 heavy (non-hydrogen) atoms. The zero-order chi connectivity index (χ0) is 21.6. The smallest absolute Gasteiger partial charge is 0.248 e. The van der Waals surface area contributed by atoms with E-state index < -0.39 is 0 Å². The summed E-state index contributed by atoms with van der Waals surface area (Å²) in [6, 6.07) is 23.9. The third kappa shape index (κ3) is 5.14. The summed E-state index contributed by atoms with van der Waals surface area (Å²) in [7, 11) is 0. The van der Waals surface area contributed by atoms with Crippen molar-refractivity contribution < 1.29 is 9.18 Å². The van der Waals surface area contributed by atoms with Crippen molar-refractivity contribution >= 4 is 17.7 Å². The van der Waals surface area contributed by atoms with E-state index in [2.05, 4.69) is 10.4 Å². The molecule has 4 rings (SSSR count). The van der Waals surface area contributed by atoms with E-state index in [0.29, 0.717) is 6.54 Å². The molecular formula is C26H22FN3O. The normalized spacial score (nSPS) is 11.0. The highest BCUT2D eigenvalue weighted by Crippen LogP contribution is 2.26. The fourth-order valence-corrected chi connectivity index (χ4v) is 3.31. The van der Waals surface area contributed by atoms with Gasteiger partial charge in [0.1, 0.15) is 5.82 Å². The van der Waals surface area contributed by atoms with Crippen molar-refractivity contribution in [3.63, 3.8) is 0 Å². The Morgan fingerprint density at radius 2 is 1.71 bits per heavy atom. The molecule has 1 amide bonds. The summed E-state index contributed by atoms with van der Waals surface area (Å²) in [5, 5.41) is 7.37. The summed E-state index contributed by atoms with van der Waals surface area (Å²) in [5.41, 5.74) is 5.39. The lowest BCUT2D eigenvalue weighted by Crippen LogP contribution is -2.07. The van der Waals surface area contributed by atoms with Gasteiger partial charge < -0.3 is 5.32 Å². The molecule has 5 heteroatoms. The average Bonchev–Trinajstić information content (AvgIpc) is 3.17. The van der Waals surface area contributed by atoms with E-state index in [0.717, 1.165) is 33.6 Å². The number of anilines is 1. The van der Waals surface area contributed by atoms with E-state index in [1.54, 1.807) is 24.4 Å². The van der Waals surface area contributed by atoms with Crippen molar-refractivity contribution in [3.05, 3.63) is 114 Å². The lowest BCUT2D eigenvalue weighted by atomic mass is 10.1. The molecule has 0 saturated carbocycles. The highest BCUT2D eigenvalue weighted by molar-refractivity contribution is 6.02. The Bertz CT molecular complexity index is 1190. The van der Waals surface area contributed by atoms with Crippen LogP contribution < -0.4 is 5.32 Å². The minimum atomic E-state index is -0.299. The first-order valence-electron chi connectivity index (χ1n) is 10.00. The predicted molar refractivity (Wildman–Crippen MR) is 122 cm³/mol. The molecule has 3 aromatic carbocycles. The van der Waals surface area contributed by atoms with Crippen LogP contribution in [0.1, 0.15) is 16.7 Å². The van der Waals surface area contributed by atoms with Gasteiger partial charge in [-0.3, -0.25) is 9.48 Å². The van der Waals surface area contributed by atoms with Crippen molar-refractivity contribution in [1.29, 1.82) is 0 Å². The van der Waals surface area contributed by atoms with Gasteiger partial charge in [0, 0.05) is 22.9 Å². The summed E-state index contributed by atoms with van der Waals surface area (Å²) in [4.78, 5) is 12.4. The Hall–Kier alpha value is -3.99. The molecule has 0 atom stereocenters. The Morgan fingerprint density at radius 3 is 2.42 bits per heavy atom. The zero-order valence-corrected chi connectivity index (χ0v) is 17.1. The summed E-state index contributed by atoms with van der Waals surface area (Å²) in [6.07, 6.45) is 4.94. The molecule has 0 aliphatic heterocycles. The van der Waals surface area contributed by atoms with Crippen molar-refractivity contribution in [2.45, 2.75) is 13.5 Å². The third-order valence-electron chi connectivity index (χ3n) is 4.89. The van der Waals surface area contributed by atoms with Crippen LogP contribution in [0.15, 0.2) is 91.1 Å². The molecule has 0 aliphatic rings. The van der Waals surface area contributed by atoms with Gasteiger partial charge in [0.15, 0.2) is 0 Å². The van der Waals surface area contributed by atoms with Crippen LogP contribution >= 0.6 is 0 Å². The van der Waals surface area contributed by atoms with Gasteiger partial charge in [-0.15, -0.1) is 0 Å². The number of hydrogen-bond acceptors (Lipinski definition) is 2. The van der Waals surface area contributed by atoms with Crippen LogP contribution in [-0.2, 0) is 11.3 Å². The van der Waals surface area contributed by atoms with Crippen LogP contribution in [0.4, 0.5) is 10.1 Å². The number of hydrogen-bond donors (Lipinski definition) is 1. The predicted octanol–water partition coefficient (Wildman–Crippen LogP) is 5.70. The lowest BCUT2D eigenvalue weighted by Gasteiger charge is -2.09. The number of carbonyl (C=O) groups is 1. The molecule has 0 bridgehead atoms. The van der Waals surface area contributed by atoms with Gasteiger partial charge >= 0.3 is 0 Å². The quantitative estimate of drug-likeness (QED) is 0.414. The molecule has 0 aliphatic carbocycles. The molecule has 0 unspecified atom stereocenters. The van der Waals surface area contributed by atoms with E-state index in [4.69, 9.17) is 0 Å². The van der Waals surface area contributed by atoms with Crippen molar-refractivity contribution in [1.82, 2.24) is 9.78 Å². The minimum Gasteiger partial charge on any atom is -0.323 e. The monoisotopic (exact) mass is 411 g/mol. The van der Waals surface area contributed by atoms with E-state index in [-0.39, 0.29) is 11.7 Å². The maximum absolute atomic E-state index is 13.5. The van der Waals surface area contributed by atoms with E-state index in [1.807, 2.05) is 66.2 Å². The minimum absolute atomic E-state index is 0.232. The first-order chi connectivity index (χ1) is 15.1. The standard InChI is InChI=1S/C26H22FN3O/c1-19-7-14-24(15-8-19)29-25(31)16-11-22-17-28-30(18-20-5-3-2-4-6-20)26(22)21-9-12-23(27)13-10-21/h2-17H,18H2,1H3,(H,29,31)/b16-11+. The highest BCUT2D eigenvalue weighted by atomic mass is 19.1. The SMILES string of the molecule is Cc1ccc(NC(=O)/C=C/c2cnn(Cc3ccccc3)c2-c2ccc(F)cc2)cc1. The fraction of sp³-hybridized carbons (Fsp3) is 0.0769. The second kappa shape index (κ2) is 9.22. The lowest BCUT2D eigenvalue weighted by molar-refractivity contribution is -0.111. The molecule has 1 heterocycles. The topological polar surface area (TPSA) is 46.9 Å². The number of nitrogens with one attached hydrogen (secondary N) is 1. The number of rotatable bonds is 6. The van der Waals surface area contributed by atoms with Gasteiger partial charge in [-0.25, -0.2) is 4.39 Å². The molecule has 0 saturated heterocycles. The second-order valence-electron chi connectivity index (χ2n) is 7.29. The maximum Gasteiger partial charge on any atom is 0.248 e. The molecular weight excluding hydrogens is 389 g/mol. The summed E-state index contributed by atoms with van der Waals surface area (Å²) in [5.74, 6) is -0.530. The van der Waals surface area contributed by atoms with Crippen molar-refractivity contribution in [2.24, 2.45) is 0 Å². The van der Waals surface area contributed by atoms with Crippen LogP contribution in [0.2, 0.25) is 0 Å². The number of halogens is 1. The summed E-state index contributed by atoms with van der Waals surface area (Å²) in [6.45, 7) is 2.56. The average molecular weight is 411 g/mol. The largest absolute Gasteiger partial charge is 0.323 e. The van der Waals surface area contributed by atoms with Crippen molar-refractivity contribution in [2.75, 3.05) is 5.32 Å². The van der Waals surface area contributed by atoms with E-state index in [1.165, 1.54) is 18.2 Å². The molecule has 0 spiro atoms. The molecule has 4 nitrogen and oxygen atoms in total. The van der Waals surface area contributed by atoms with Gasteiger partial charge in [-0.05, 0) is 55.0 Å². The second-order valence-corrected chi connectivity index (χ2v) is 7.29. The maximum atomic E-state index is 13.5. The van der Waals surface area contributed by atoms with Crippen LogP contribution in [0.25, 0.3) is 17.3 Å². The molecule has 1 aromatic heterocycles.